The number of nitrogens with zero attached hydrogens (tertiary/aromatic N) is 2. The molecule has 1 aliphatic heterocycles. The van der Waals surface area contributed by atoms with Crippen molar-refractivity contribution in [2.45, 2.75) is 26.2 Å². The van der Waals surface area contributed by atoms with Crippen molar-refractivity contribution < 1.29 is 4.79 Å². The number of benzene rings is 1. The van der Waals surface area contributed by atoms with Crippen molar-refractivity contribution in [3.8, 4) is 0 Å². The summed E-state index contributed by atoms with van der Waals surface area (Å²) >= 11 is 0. The first-order valence-corrected chi connectivity index (χ1v) is 8.15. The van der Waals surface area contributed by atoms with Crippen LogP contribution in [0.15, 0.2) is 24.3 Å². The molecule has 1 saturated heterocycles. The first-order chi connectivity index (χ1) is 10.3. The Bertz CT molecular complexity index is 491. The number of carbonyl (C=O) groups is 1. The van der Waals surface area contributed by atoms with E-state index in [2.05, 4.69) is 34.2 Å². The predicted octanol–water partition coefficient (Wildman–Crippen LogP) is 2.57. The maximum Gasteiger partial charge on any atom is 0.227 e. The lowest BCUT2D eigenvalue weighted by atomic mass is 9.85. The highest BCUT2D eigenvalue weighted by Gasteiger charge is 2.26. The number of rotatable bonds is 4. The number of para-hydroxylation sites is 2. The van der Waals surface area contributed by atoms with E-state index in [0.717, 1.165) is 51.3 Å². The summed E-state index contributed by atoms with van der Waals surface area (Å²) in [4.78, 5) is 17.0. The van der Waals surface area contributed by atoms with Crippen molar-refractivity contribution in [1.82, 2.24) is 4.90 Å². The van der Waals surface area contributed by atoms with Gasteiger partial charge in [-0.3, -0.25) is 4.79 Å². The van der Waals surface area contributed by atoms with Crippen LogP contribution in [0.2, 0.25) is 0 Å². The second-order valence-corrected chi connectivity index (χ2v) is 6.06. The summed E-state index contributed by atoms with van der Waals surface area (Å²) in [6, 6.07) is 8.21. The highest BCUT2D eigenvalue weighted by atomic mass is 16.1. The zero-order valence-corrected chi connectivity index (χ0v) is 12.8. The van der Waals surface area contributed by atoms with Crippen molar-refractivity contribution in [2.75, 3.05) is 42.9 Å². The molecular formula is C17H25N3O. The molecule has 114 valence electrons. The average molecular weight is 287 g/mol. The van der Waals surface area contributed by atoms with E-state index in [1.165, 1.54) is 12.1 Å². The number of carbonyl (C=O) groups excluding carboxylic acids is 1. The summed E-state index contributed by atoms with van der Waals surface area (Å²) in [5.74, 6) is 0.427. The van der Waals surface area contributed by atoms with Crippen molar-refractivity contribution in [3.05, 3.63) is 24.3 Å². The van der Waals surface area contributed by atoms with Crippen LogP contribution < -0.4 is 10.2 Å². The molecule has 1 heterocycles. The largest absolute Gasteiger partial charge is 0.367 e. The molecule has 1 aromatic rings. The van der Waals surface area contributed by atoms with Crippen molar-refractivity contribution >= 4 is 17.3 Å². The van der Waals surface area contributed by atoms with Gasteiger partial charge < -0.3 is 15.1 Å². The second kappa shape index (κ2) is 6.48. The van der Waals surface area contributed by atoms with Gasteiger partial charge in [0, 0.05) is 32.1 Å². The lowest BCUT2D eigenvalue weighted by molar-refractivity contribution is -0.122. The van der Waals surface area contributed by atoms with Gasteiger partial charge in [0.25, 0.3) is 0 Å². The third kappa shape index (κ3) is 3.21. The number of hydrogen-bond acceptors (Lipinski definition) is 3. The van der Waals surface area contributed by atoms with E-state index in [0.29, 0.717) is 0 Å². The highest BCUT2D eigenvalue weighted by Crippen LogP contribution is 2.31. The lowest BCUT2D eigenvalue weighted by Gasteiger charge is -2.36. The van der Waals surface area contributed by atoms with Crippen LogP contribution in [0.3, 0.4) is 0 Å². The molecule has 1 saturated carbocycles. The van der Waals surface area contributed by atoms with Crippen molar-refractivity contribution in [3.63, 3.8) is 0 Å². The predicted molar refractivity (Wildman–Crippen MR) is 86.7 cm³/mol. The Labute approximate surface area is 127 Å². The van der Waals surface area contributed by atoms with Crippen LogP contribution in [0.5, 0.6) is 0 Å². The molecule has 1 N–H and O–H groups in total. The number of amides is 1. The topological polar surface area (TPSA) is 35.6 Å². The third-order valence-corrected chi connectivity index (χ3v) is 4.80. The highest BCUT2D eigenvalue weighted by molar-refractivity contribution is 5.96. The molecular weight excluding hydrogens is 262 g/mol. The number of piperazine rings is 1. The maximum absolute atomic E-state index is 12.2. The van der Waals surface area contributed by atoms with Gasteiger partial charge in [0.05, 0.1) is 11.4 Å². The van der Waals surface area contributed by atoms with Gasteiger partial charge in [-0.25, -0.2) is 0 Å². The van der Waals surface area contributed by atoms with Gasteiger partial charge in [-0.1, -0.05) is 25.5 Å². The van der Waals surface area contributed by atoms with Crippen LogP contribution in [0, 0.1) is 5.92 Å². The summed E-state index contributed by atoms with van der Waals surface area (Å²) in [5.41, 5.74) is 2.14. The van der Waals surface area contributed by atoms with Gasteiger partial charge in [0.2, 0.25) is 5.91 Å². The standard InChI is InChI=1S/C17H25N3O/c1-2-19-10-12-20(13-11-19)16-9-4-3-8-15(16)18-17(21)14-6-5-7-14/h3-4,8-9,14H,2,5-7,10-13H2,1H3,(H,18,21). The molecule has 2 fully saturated rings. The Morgan fingerprint density at radius 2 is 1.90 bits per heavy atom. The Hall–Kier alpha value is -1.55. The van der Waals surface area contributed by atoms with E-state index in [4.69, 9.17) is 0 Å². The van der Waals surface area contributed by atoms with Crippen molar-refractivity contribution in [1.29, 1.82) is 0 Å². The molecule has 0 radical (unpaired) electrons. The fraction of sp³-hybridized carbons (Fsp3) is 0.588. The van der Waals surface area contributed by atoms with E-state index in [1.807, 2.05) is 12.1 Å². The minimum atomic E-state index is 0.195. The van der Waals surface area contributed by atoms with Crippen LogP contribution in [-0.2, 0) is 4.79 Å². The van der Waals surface area contributed by atoms with E-state index in [-0.39, 0.29) is 11.8 Å². The van der Waals surface area contributed by atoms with Crippen LogP contribution >= 0.6 is 0 Å². The molecule has 0 spiro atoms. The van der Waals surface area contributed by atoms with E-state index < -0.39 is 0 Å². The maximum atomic E-state index is 12.2. The summed E-state index contributed by atoms with van der Waals surface area (Å²) in [6.45, 7) is 7.59. The van der Waals surface area contributed by atoms with Crippen LogP contribution in [-0.4, -0.2) is 43.5 Å². The Morgan fingerprint density at radius 1 is 1.19 bits per heavy atom. The molecule has 4 nitrogen and oxygen atoms in total. The number of hydrogen-bond donors (Lipinski definition) is 1. The average Bonchev–Trinajstić information content (AvgIpc) is 2.46. The molecule has 3 rings (SSSR count). The molecule has 1 aromatic carbocycles. The zero-order chi connectivity index (χ0) is 14.7. The number of anilines is 2. The normalized spacial score (nSPS) is 20.1. The minimum absolute atomic E-state index is 0.195. The van der Waals surface area contributed by atoms with E-state index in [1.54, 1.807) is 0 Å². The molecule has 4 heteroatoms. The number of likely N-dealkylation sites (N-methyl/N-ethyl adjacent to an activating group) is 1. The molecule has 0 bridgehead atoms. The fourth-order valence-electron chi connectivity index (χ4n) is 3.07. The third-order valence-electron chi connectivity index (χ3n) is 4.80. The summed E-state index contributed by atoms with van der Waals surface area (Å²) in [6.07, 6.45) is 3.28. The van der Waals surface area contributed by atoms with Crippen LogP contribution in [0.4, 0.5) is 11.4 Å². The molecule has 0 atom stereocenters. The lowest BCUT2D eigenvalue weighted by Crippen LogP contribution is -2.46. The Balaban J connectivity index is 1.69. The molecule has 1 aliphatic carbocycles. The minimum Gasteiger partial charge on any atom is -0.367 e. The van der Waals surface area contributed by atoms with E-state index >= 15 is 0 Å². The van der Waals surface area contributed by atoms with Crippen LogP contribution in [0.1, 0.15) is 26.2 Å². The Morgan fingerprint density at radius 3 is 2.52 bits per heavy atom. The quantitative estimate of drug-likeness (QED) is 0.924. The molecule has 2 aliphatic rings. The molecule has 0 unspecified atom stereocenters. The monoisotopic (exact) mass is 287 g/mol. The van der Waals surface area contributed by atoms with Crippen LogP contribution in [0.25, 0.3) is 0 Å². The molecule has 0 aromatic heterocycles. The fourth-order valence-corrected chi connectivity index (χ4v) is 3.07. The molecule has 1 amide bonds. The summed E-state index contributed by atoms with van der Waals surface area (Å²) < 4.78 is 0. The smallest absolute Gasteiger partial charge is 0.227 e. The zero-order valence-electron chi connectivity index (χ0n) is 12.8. The SMILES string of the molecule is CCN1CCN(c2ccccc2NC(=O)C2CCC2)CC1. The van der Waals surface area contributed by atoms with Gasteiger partial charge >= 0.3 is 0 Å². The first kappa shape index (κ1) is 14.4. The second-order valence-electron chi connectivity index (χ2n) is 6.06. The van der Waals surface area contributed by atoms with Gasteiger partial charge in [-0.2, -0.15) is 0 Å². The van der Waals surface area contributed by atoms with Gasteiger partial charge in [-0.05, 0) is 31.5 Å². The Kier molecular flexibility index (Phi) is 4.44. The van der Waals surface area contributed by atoms with Gasteiger partial charge in [-0.15, -0.1) is 0 Å². The summed E-state index contributed by atoms with van der Waals surface area (Å²) in [5, 5.41) is 3.14. The summed E-state index contributed by atoms with van der Waals surface area (Å²) in [7, 11) is 0. The first-order valence-electron chi connectivity index (χ1n) is 8.15. The molecule has 21 heavy (non-hydrogen) atoms. The number of nitrogens with one attached hydrogen (secondary N) is 1. The van der Waals surface area contributed by atoms with Gasteiger partial charge in [0.1, 0.15) is 0 Å². The van der Waals surface area contributed by atoms with Crippen molar-refractivity contribution in [2.24, 2.45) is 5.92 Å². The van der Waals surface area contributed by atoms with Gasteiger partial charge in [0.15, 0.2) is 0 Å². The van der Waals surface area contributed by atoms with E-state index in [9.17, 15) is 4.79 Å².